The second-order valence-electron chi connectivity index (χ2n) is 6.72. The molecular weight excluding hydrogens is 260 g/mol. The molecule has 0 unspecified atom stereocenters. The zero-order valence-electron chi connectivity index (χ0n) is 13.8. The lowest BCUT2D eigenvalue weighted by atomic mass is 9.75. The SMILES string of the molecule is CCOC1(C(=O)c2ccc(C(C)C)cc2)CCC(C)CC1. The van der Waals surface area contributed by atoms with E-state index in [4.69, 9.17) is 4.74 Å². The summed E-state index contributed by atoms with van der Waals surface area (Å²) in [6, 6.07) is 8.08. The highest BCUT2D eigenvalue weighted by Gasteiger charge is 2.42. The second-order valence-corrected chi connectivity index (χ2v) is 6.72. The van der Waals surface area contributed by atoms with Crippen molar-refractivity contribution in [1.82, 2.24) is 0 Å². The maximum absolute atomic E-state index is 13.0. The Morgan fingerprint density at radius 1 is 1.24 bits per heavy atom. The molecule has 0 radical (unpaired) electrons. The summed E-state index contributed by atoms with van der Waals surface area (Å²) in [5, 5.41) is 0. The predicted molar refractivity (Wildman–Crippen MR) is 86.9 cm³/mol. The standard InChI is InChI=1S/C19H28O2/c1-5-21-19(12-10-15(4)11-13-19)18(20)17-8-6-16(7-9-17)14(2)3/h6-9,14-15H,5,10-13H2,1-4H3. The molecule has 0 amide bonds. The first kappa shape index (κ1) is 16.2. The lowest BCUT2D eigenvalue weighted by Crippen LogP contribution is -2.44. The molecule has 0 aliphatic heterocycles. The molecule has 116 valence electrons. The topological polar surface area (TPSA) is 26.3 Å². The Morgan fingerprint density at radius 3 is 2.29 bits per heavy atom. The van der Waals surface area contributed by atoms with Crippen molar-refractivity contribution >= 4 is 5.78 Å². The van der Waals surface area contributed by atoms with Gasteiger partial charge in [0.05, 0.1) is 0 Å². The summed E-state index contributed by atoms with van der Waals surface area (Å²) in [4.78, 5) is 13.0. The van der Waals surface area contributed by atoms with Crippen molar-refractivity contribution in [3.8, 4) is 0 Å². The summed E-state index contributed by atoms with van der Waals surface area (Å²) < 4.78 is 5.96. The second kappa shape index (κ2) is 6.74. The van der Waals surface area contributed by atoms with Gasteiger partial charge in [-0.1, -0.05) is 45.0 Å². The van der Waals surface area contributed by atoms with Crippen LogP contribution in [0.15, 0.2) is 24.3 Å². The van der Waals surface area contributed by atoms with Gasteiger partial charge in [-0.15, -0.1) is 0 Å². The summed E-state index contributed by atoms with van der Waals surface area (Å²) in [6.45, 7) is 9.18. The van der Waals surface area contributed by atoms with Crippen molar-refractivity contribution in [3.05, 3.63) is 35.4 Å². The van der Waals surface area contributed by atoms with Gasteiger partial charge in [-0.2, -0.15) is 0 Å². The normalized spacial score (nSPS) is 26.0. The predicted octanol–water partition coefficient (Wildman–Crippen LogP) is 4.98. The van der Waals surface area contributed by atoms with Gasteiger partial charge in [0, 0.05) is 12.2 Å². The molecule has 1 aliphatic carbocycles. The molecule has 0 spiro atoms. The summed E-state index contributed by atoms with van der Waals surface area (Å²) in [6.07, 6.45) is 3.87. The van der Waals surface area contributed by atoms with Gasteiger partial charge in [-0.25, -0.2) is 0 Å². The molecule has 1 aliphatic rings. The maximum atomic E-state index is 13.0. The fraction of sp³-hybridized carbons (Fsp3) is 0.632. The van der Waals surface area contributed by atoms with E-state index in [9.17, 15) is 4.79 Å². The fourth-order valence-corrected chi connectivity index (χ4v) is 3.22. The van der Waals surface area contributed by atoms with Crippen molar-refractivity contribution < 1.29 is 9.53 Å². The van der Waals surface area contributed by atoms with E-state index in [1.165, 1.54) is 5.56 Å². The Kier molecular flexibility index (Phi) is 5.21. The van der Waals surface area contributed by atoms with Gasteiger partial charge >= 0.3 is 0 Å². The minimum absolute atomic E-state index is 0.173. The first-order valence-electron chi connectivity index (χ1n) is 8.27. The van der Waals surface area contributed by atoms with Gasteiger partial charge in [0.2, 0.25) is 0 Å². The van der Waals surface area contributed by atoms with E-state index in [1.807, 2.05) is 19.1 Å². The molecule has 0 heterocycles. The van der Waals surface area contributed by atoms with Crippen LogP contribution in [0.2, 0.25) is 0 Å². The van der Waals surface area contributed by atoms with E-state index in [2.05, 4.69) is 32.9 Å². The molecule has 1 fully saturated rings. The molecule has 1 saturated carbocycles. The van der Waals surface area contributed by atoms with Gasteiger partial charge < -0.3 is 4.74 Å². The first-order valence-corrected chi connectivity index (χ1v) is 8.27. The molecule has 2 nitrogen and oxygen atoms in total. The van der Waals surface area contributed by atoms with Crippen LogP contribution in [0, 0.1) is 5.92 Å². The average molecular weight is 288 g/mol. The zero-order chi connectivity index (χ0) is 15.5. The monoisotopic (exact) mass is 288 g/mol. The molecule has 0 atom stereocenters. The van der Waals surface area contributed by atoms with Crippen LogP contribution >= 0.6 is 0 Å². The van der Waals surface area contributed by atoms with Crippen LogP contribution in [0.3, 0.4) is 0 Å². The van der Waals surface area contributed by atoms with Gasteiger partial charge in [0.15, 0.2) is 5.78 Å². The summed E-state index contributed by atoms with van der Waals surface area (Å²) >= 11 is 0. The average Bonchev–Trinajstić information content (AvgIpc) is 2.49. The molecule has 2 rings (SSSR count). The number of carbonyl (C=O) groups is 1. The Morgan fingerprint density at radius 2 is 1.81 bits per heavy atom. The van der Waals surface area contributed by atoms with E-state index >= 15 is 0 Å². The summed E-state index contributed by atoms with van der Waals surface area (Å²) in [5.41, 5.74) is 1.48. The van der Waals surface area contributed by atoms with Crippen LogP contribution in [0.25, 0.3) is 0 Å². The Labute approximate surface area is 128 Å². The van der Waals surface area contributed by atoms with Crippen LogP contribution in [0.1, 0.15) is 75.2 Å². The van der Waals surface area contributed by atoms with E-state index in [1.54, 1.807) is 0 Å². The molecule has 0 N–H and O–H groups in total. The third-order valence-corrected chi connectivity index (χ3v) is 4.76. The van der Waals surface area contributed by atoms with Crippen molar-refractivity contribution in [2.24, 2.45) is 5.92 Å². The molecule has 2 heteroatoms. The van der Waals surface area contributed by atoms with Crippen LogP contribution in [0.4, 0.5) is 0 Å². The minimum Gasteiger partial charge on any atom is -0.367 e. The molecular formula is C19H28O2. The largest absolute Gasteiger partial charge is 0.367 e. The Hall–Kier alpha value is -1.15. The van der Waals surface area contributed by atoms with Gasteiger partial charge in [-0.3, -0.25) is 4.79 Å². The van der Waals surface area contributed by atoms with Gasteiger partial charge in [0.1, 0.15) is 5.60 Å². The Bertz CT molecular complexity index is 465. The number of carbonyl (C=O) groups excluding carboxylic acids is 1. The van der Waals surface area contributed by atoms with Crippen LogP contribution in [-0.4, -0.2) is 18.0 Å². The third-order valence-electron chi connectivity index (χ3n) is 4.76. The van der Waals surface area contributed by atoms with Crippen molar-refractivity contribution in [3.63, 3.8) is 0 Å². The smallest absolute Gasteiger partial charge is 0.194 e. The highest BCUT2D eigenvalue weighted by molar-refractivity contribution is 6.02. The van der Waals surface area contributed by atoms with E-state index in [0.717, 1.165) is 31.2 Å². The quantitative estimate of drug-likeness (QED) is 0.714. The van der Waals surface area contributed by atoms with Crippen LogP contribution in [-0.2, 0) is 4.74 Å². The number of rotatable bonds is 5. The van der Waals surface area contributed by atoms with Crippen LogP contribution < -0.4 is 0 Å². The van der Waals surface area contributed by atoms with Crippen molar-refractivity contribution in [2.45, 2.75) is 64.9 Å². The van der Waals surface area contributed by atoms with Gasteiger partial charge in [-0.05, 0) is 50.0 Å². The van der Waals surface area contributed by atoms with Gasteiger partial charge in [0.25, 0.3) is 0 Å². The number of ketones is 1. The number of ether oxygens (including phenoxy) is 1. The van der Waals surface area contributed by atoms with E-state index in [0.29, 0.717) is 18.4 Å². The third kappa shape index (κ3) is 3.55. The van der Waals surface area contributed by atoms with E-state index in [-0.39, 0.29) is 5.78 Å². The molecule has 21 heavy (non-hydrogen) atoms. The first-order chi connectivity index (χ1) is 9.98. The lowest BCUT2D eigenvalue weighted by molar-refractivity contribution is -0.0474. The highest BCUT2D eigenvalue weighted by Crippen LogP contribution is 2.37. The van der Waals surface area contributed by atoms with Crippen LogP contribution in [0.5, 0.6) is 0 Å². The number of benzene rings is 1. The number of hydrogen-bond acceptors (Lipinski definition) is 2. The lowest BCUT2D eigenvalue weighted by Gasteiger charge is -2.37. The maximum Gasteiger partial charge on any atom is 0.194 e. The van der Waals surface area contributed by atoms with Crippen molar-refractivity contribution in [2.75, 3.05) is 6.61 Å². The summed E-state index contributed by atoms with van der Waals surface area (Å²) in [5.74, 6) is 1.37. The highest BCUT2D eigenvalue weighted by atomic mass is 16.5. The Balaban J connectivity index is 2.22. The minimum atomic E-state index is -0.583. The molecule has 1 aromatic carbocycles. The number of Topliss-reactive ketones (excluding diaryl/α,β-unsaturated/α-hetero) is 1. The van der Waals surface area contributed by atoms with Crippen molar-refractivity contribution in [1.29, 1.82) is 0 Å². The fourth-order valence-electron chi connectivity index (χ4n) is 3.22. The molecule has 0 saturated heterocycles. The summed E-state index contributed by atoms with van der Waals surface area (Å²) in [7, 11) is 0. The molecule has 0 bridgehead atoms. The van der Waals surface area contributed by atoms with E-state index < -0.39 is 5.60 Å². The molecule has 0 aromatic heterocycles. The molecule has 1 aromatic rings. The number of hydrogen-bond donors (Lipinski definition) is 0. The zero-order valence-corrected chi connectivity index (χ0v) is 13.8.